The summed E-state index contributed by atoms with van der Waals surface area (Å²) in [6.45, 7) is 13.8. The highest BCUT2D eigenvalue weighted by Gasteiger charge is 2.43. The fraction of sp³-hybridized carbons (Fsp3) is 0.308. The first-order valence-electron chi connectivity index (χ1n) is 9.71. The van der Waals surface area contributed by atoms with Crippen LogP contribution in [0.1, 0.15) is 78.6 Å². The SMILES string of the molecule is Cc1cc2c(c(C)c1C)C1c3ccccc3C2c2cc(C)c(C)c(C)c21. The average molecular weight is 338 g/mol. The minimum absolute atomic E-state index is 0.386. The molecular formula is C26H26. The lowest BCUT2D eigenvalue weighted by atomic mass is 9.58. The van der Waals surface area contributed by atoms with Crippen LogP contribution in [0.5, 0.6) is 0 Å². The van der Waals surface area contributed by atoms with Gasteiger partial charge in [0.25, 0.3) is 0 Å². The van der Waals surface area contributed by atoms with Crippen molar-refractivity contribution in [1.82, 2.24) is 0 Å². The molecule has 3 aromatic rings. The first-order valence-corrected chi connectivity index (χ1v) is 9.71. The highest BCUT2D eigenvalue weighted by atomic mass is 14.5. The Hall–Kier alpha value is -2.34. The van der Waals surface area contributed by atoms with Gasteiger partial charge in [-0.25, -0.2) is 0 Å². The molecule has 0 nitrogen and oxygen atoms in total. The largest absolute Gasteiger partial charge is 0.0619 e. The molecule has 0 aromatic heterocycles. The summed E-state index contributed by atoms with van der Waals surface area (Å²) in [7, 11) is 0. The highest BCUT2D eigenvalue weighted by molar-refractivity contribution is 5.72. The molecular weight excluding hydrogens is 312 g/mol. The second kappa shape index (κ2) is 5.10. The molecule has 0 saturated carbocycles. The third-order valence-corrected chi connectivity index (χ3v) is 7.30. The normalized spacial score (nSPS) is 19.2. The summed E-state index contributed by atoms with van der Waals surface area (Å²) in [5, 5.41) is 0. The zero-order valence-electron chi connectivity index (χ0n) is 16.6. The summed E-state index contributed by atoms with van der Waals surface area (Å²) in [5.41, 5.74) is 18.0. The van der Waals surface area contributed by atoms with Gasteiger partial charge in [0.1, 0.15) is 0 Å². The molecule has 6 rings (SSSR count). The Morgan fingerprint density at radius 1 is 0.500 bits per heavy atom. The Balaban J connectivity index is 1.96. The van der Waals surface area contributed by atoms with E-state index in [9.17, 15) is 0 Å². The smallest absolute Gasteiger partial charge is 0.0354 e. The van der Waals surface area contributed by atoms with Crippen LogP contribution in [0.15, 0.2) is 36.4 Å². The van der Waals surface area contributed by atoms with Gasteiger partial charge in [0.15, 0.2) is 0 Å². The van der Waals surface area contributed by atoms with Gasteiger partial charge in [-0.1, -0.05) is 36.4 Å². The van der Waals surface area contributed by atoms with Gasteiger partial charge in [-0.2, -0.15) is 0 Å². The lowest BCUT2D eigenvalue weighted by molar-refractivity contribution is 0.736. The molecule has 0 unspecified atom stereocenters. The third kappa shape index (κ3) is 1.75. The van der Waals surface area contributed by atoms with Crippen molar-refractivity contribution in [3.05, 3.63) is 103 Å². The fourth-order valence-electron chi connectivity index (χ4n) is 5.51. The van der Waals surface area contributed by atoms with Crippen LogP contribution < -0.4 is 0 Å². The van der Waals surface area contributed by atoms with E-state index >= 15 is 0 Å². The van der Waals surface area contributed by atoms with Crippen molar-refractivity contribution in [3.63, 3.8) is 0 Å². The summed E-state index contributed by atoms with van der Waals surface area (Å²) >= 11 is 0. The third-order valence-electron chi connectivity index (χ3n) is 7.30. The number of hydrogen-bond donors (Lipinski definition) is 0. The van der Waals surface area contributed by atoms with E-state index in [0.29, 0.717) is 11.8 Å². The van der Waals surface area contributed by atoms with E-state index in [1.807, 2.05) is 0 Å². The Morgan fingerprint density at radius 2 is 0.923 bits per heavy atom. The monoisotopic (exact) mass is 338 g/mol. The van der Waals surface area contributed by atoms with Gasteiger partial charge in [0.05, 0.1) is 0 Å². The predicted octanol–water partition coefficient (Wildman–Crippen LogP) is 6.52. The van der Waals surface area contributed by atoms with E-state index in [2.05, 4.69) is 77.9 Å². The topological polar surface area (TPSA) is 0 Å². The molecule has 0 saturated heterocycles. The van der Waals surface area contributed by atoms with Crippen LogP contribution >= 0.6 is 0 Å². The molecule has 0 radical (unpaired) electrons. The molecule has 0 amide bonds. The zero-order valence-corrected chi connectivity index (χ0v) is 16.6. The van der Waals surface area contributed by atoms with E-state index in [4.69, 9.17) is 0 Å². The van der Waals surface area contributed by atoms with E-state index < -0.39 is 0 Å². The second-order valence-corrected chi connectivity index (χ2v) is 8.39. The van der Waals surface area contributed by atoms with E-state index in [-0.39, 0.29) is 0 Å². The summed E-state index contributed by atoms with van der Waals surface area (Å²) in [6, 6.07) is 14.1. The molecule has 0 spiro atoms. The van der Waals surface area contributed by atoms with Gasteiger partial charge in [-0.3, -0.25) is 0 Å². The molecule has 26 heavy (non-hydrogen) atoms. The lowest BCUT2D eigenvalue weighted by Crippen LogP contribution is -2.30. The van der Waals surface area contributed by atoms with Gasteiger partial charge in [0.2, 0.25) is 0 Å². The van der Waals surface area contributed by atoms with Gasteiger partial charge in [-0.05, 0) is 108 Å². The number of benzene rings is 3. The van der Waals surface area contributed by atoms with Crippen molar-refractivity contribution < 1.29 is 0 Å². The molecule has 0 atom stereocenters. The summed E-state index contributed by atoms with van der Waals surface area (Å²) < 4.78 is 0. The quantitative estimate of drug-likeness (QED) is 0.301. The maximum absolute atomic E-state index is 2.47. The van der Waals surface area contributed by atoms with Crippen molar-refractivity contribution in [2.75, 3.05) is 0 Å². The summed E-state index contributed by atoms with van der Waals surface area (Å²) in [6.07, 6.45) is 0. The first kappa shape index (κ1) is 15.9. The summed E-state index contributed by atoms with van der Waals surface area (Å²) in [4.78, 5) is 0. The number of aryl methyl sites for hydroxylation is 2. The molecule has 3 aliphatic rings. The van der Waals surface area contributed by atoms with Crippen molar-refractivity contribution in [1.29, 1.82) is 0 Å². The van der Waals surface area contributed by atoms with E-state index in [1.54, 1.807) is 22.3 Å². The van der Waals surface area contributed by atoms with Crippen LogP contribution in [0.2, 0.25) is 0 Å². The molecule has 0 heterocycles. The van der Waals surface area contributed by atoms with E-state index in [0.717, 1.165) is 0 Å². The first-order chi connectivity index (χ1) is 12.4. The maximum Gasteiger partial charge on any atom is 0.0354 e. The molecule has 0 heteroatoms. The van der Waals surface area contributed by atoms with Gasteiger partial charge in [0, 0.05) is 11.8 Å². The number of rotatable bonds is 0. The maximum atomic E-state index is 2.47. The van der Waals surface area contributed by atoms with Gasteiger partial charge >= 0.3 is 0 Å². The number of hydrogen-bond acceptors (Lipinski definition) is 0. The molecule has 0 N–H and O–H groups in total. The minimum atomic E-state index is 0.386. The van der Waals surface area contributed by atoms with Gasteiger partial charge < -0.3 is 0 Å². The van der Waals surface area contributed by atoms with Crippen LogP contribution in [0.25, 0.3) is 0 Å². The van der Waals surface area contributed by atoms with Crippen molar-refractivity contribution in [2.45, 2.75) is 53.4 Å². The van der Waals surface area contributed by atoms with Crippen molar-refractivity contribution in [2.24, 2.45) is 0 Å². The van der Waals surface area contributed by atoms with Crippen LogP contribution in [0, 0.1) is 41.5 Å². The van der Waals surface area contributed by atoms with Gasteiger partial charge in [-0.15, -0.1) is 0 Å². The second-order valence-electron chi connectivity index (χ2n) is 8.39. The standard InChI is InChI=1S/C26H26/c1-13-11-21-23(17(5)15(13)3)26-20-10-8-7-9-19(20)25(21)22-12-14(2)16(4)18(6)24(22)26/h7-12,25-26H,1-6H3. The fourth-order valence-corrected chi connectivity index (χ4v) is 5.51. The molecule has 3 aliphatic carbocycles. The Morgan fingerprint density at radius 3 is 1.38 bits per heavy atom. The average Bonchev–Trinajstić information content (AvgIpc) is 2.63. The van der Waals surface area contributed by atoms with Crippen molar-refractivity contribution in [3.8, 4) is 0 Å². The Kier molecular flexibility index (Phi) is 3.11. The molecule has 130 valence electrons. The molecule has 3 aromatic carbocycles. The van der Waals surface area contributed by atoms with E-state index in [1.165, 1.54) is 44.5 Å². The molecule has 2 bridgehead atoms. The summed E-state index contributed by atoms with van der Waals surface area (Å²) in [5.74, 6) is 0.775. The molecule has 0 aliphatic heterocycles. The van der Waals surface area contributed by atoms with Crippen LogP contribution in [0.3, 0.4) is 0 Å². The van der Waals surface area contributed by atoms with Crippen molar-refractivity contribution >= 4 is 0 Å². The van der Waals surface area contributed by atoms with Crippen LogP contribution in [0.4, 0.5) is 0 Å². The minimum Gasteiger partial charge on any atom is -0.0619 e. The van der Waals surface area contributed by atoms with Crippen LogP contribution in [-0.2, 0) is 0 Å². The zero-order chi connectivity index (χ0) is 18.3. The lowest BCUT2D eigenvalue weighted by Gasteiger charge is -2.45. The highest BCUT2D eigenvalue weighted by Crippen LogP contribution is 2.58. The Labute approximate surface area is 156 Å². The predicted molar refractivity (Wildman–Crippen MR) is 110 cm³/mol. The van der Waals surface area contributed by atoms with Crippen LogP contribution in [-0.4, -0.2) is 0 Å². The molecule has 0 fully saturated rings. The Bertz CT molecular complexity index is 1030.